The lowest BCUT2D eigenvalue weighted by Crippen LogP contribution is -2.30. The van der Waals surface area contributed by atoms with Crippen LogP contribution >= 0.6 is 0 Å². The second kappa shape index (κ2) is 7.47. The van der Waals surface area contributed by atoms with Crippen LogP contribution in [0.5, 0.6) is 5.75 Å². The third kappa shape index (κ3) is 3.85. The summed E-state index contributed by atoms with van der Waals surface area (Å²) in [6, 6.07) is 11.8. The molecule has 7 heteroatoms. The minimum Gasteiger partial charge on any atom is -0.494 e. The molecule has 0 spiro atoms. The van der Waals surface area contributed by atoms with Gasteiger partial charge in [-0.25, -0.2) is 8.42 Å². The summed E-state index contributed by atoms with van der Waals surface area (Å²) < 4.78 is 33.5. The van der Waals surface area contributed by atoms with E-state index in [2.05, 4.69) is 4.72 Å². The molecule has 1 amide bonds. The molecule has 2 aliphatic rings. The van der Waals surface area contributed by atoms with E-state index in [1.54, 1.807) is 18.2 Å². The summed E-state index contributed by atoms with van der Waals surface area (Å²) in [5.41, 5.74) is 2.40. The fraction of sp³-hybridized carbons (Fsp3) is 0.381. The molecule has 4 rings (SSSR count). The molecular formula is C21H24N2O4S. The molecule has 0 radical (unpaired) electrons. The predicted molar refractivity (Wildman–Crippen MR) is 108 cm³/mol. The number of carbonyl (C=O) groups excluding carboxylic acids is 1. The Balaban J connectivity index is 1.48. The molecular weight excluding hydrogens is 376 g/mol. The van der Waals surface area contributed by atoms with Crippen molar-refractivity contribution in [2.45, 2.75) is 37.5 Å². The zero-order chi connectivity index (χ0) is 19.7. The van der Waals surface area contributed by atoms with Crippen LogP contribution in [0.15, 0.2) is 47.4 Å². The number of hydrogen-bond donors (Lipinski definition) is 1. The maximum atomic E-state index is 12.7. The lowest BCUT2D eigenvalue weighted by atomic mass is 10.1. The van der Waals surface area contributed by atoms with Crippen molar-refractivity contribution >= 4 is 27.3 Å². The van der Waals surface area contributed by atoms with Crippen molar-refractivity contribution < 1.29 is 17.9 Å². The number of nitrogens with one attached hydrogen (secondary N) is 1. The van der Waals surface area contributed by atoms with Crippen molar-refractivity contribution in [2.75, 3.05) is 22.8 Å². The zero-order valence-corrected chi connectivity index (χ0v) is 16.7. The Morgan fingerprint density at radius 2 is 1.93 bits per heavy atom. The van der Waals surface area contributed by atoms with Gasteiger partial charge in [0.2, 0.25) is 5.91 Å². The van der Waals surface area contributed by atoms with Crippen LogP contribution in [0.2, 0.25) is 0 Å². The molecule has 1 heterocycles. The van der Waals surface area contributed by atoms with Crippen LogP contribution in [-0.4, -0.2) is 27.5 Å². The van der Waals surface area contributed by atoms with E-state index in [1.807, 2.05) is 24.0 Å². The van der Waals surface area contributed by atoms with Gasteiger partial charge in [-0.1, -0.05) is 6.92 Å². The van der Waals surface area contributed by atoms with E-state index < -0.39 is 10.0 Å². The van der Waals surface area contributed by atoms with Gasteiger partial charge < -0.3 is 9.64 Å². The van der Waals surface area contributed by atoms with Gasteiger partial charge in [0.05, 0.1) is 11.5 Å². The van der Waals surface area contributed by atoms with E-state index >= 15 is 0 Å². The molecule has 0 bridgehead atoms. The minimum absolute atomic E-state index is 0.174. The molecule has 0 aromatic heterocycles. The number of rotatable bonds is 7. The molecule has 28 heavy (non-hydrogen) atoms. The van der Waals surface area contributed by atoms with Gasteiger partial charge in [0.15, 0.2) is 0 Å². The van der Waals surface area contributed by atoms with Crippen LogP contribution in [-0.2, 0) is 21.2 Å². The topological polar surface area (TPSA) is 75.7 Å². The van der Waals surface area contributed by atoms with Crippen molar-refractivity contribution in [3.63, 3.8) is 0 Å². The molecule has 0 saturated heterocycles. The summed E-state index contributed by atoms with van der Waals surface area (Å²) in [6.07, 6.45) is 3.59. The molecule has 2 aromatic rings. The van der Waals surface area contributed by atoms with E-state index in [-0.39, 0.29) is 16.7 Å². The second-order valence-electron chi connectivity index (χ2n) is 7.28. The van der Waals surface area contributed by atoms with Gasteiger partial charge in [0, 0.05) is 23.8 Å². The predicted octanol–water partition coefficient (Wildman–Crippen LogP) is 3.58. The Bertz CT molecular complexity index is 982. The maximum absolute atomic E-state index is 12.7. The highest BCUT2D eigenvalue weighted by atomic mass is 32.2. The van der Waals surface area contributed by atoms with Gasteiger partial charge in [-0.2, -0.15) is 0 Å². The van der Waals surface area contributed by atoms with E-state index in [9.17, 15) is 13.2 Å². The summed E-state index contributed by atoms with van der Waals surface area (Å²) in [7, 11) is -3.69. The summed E-state index contributed by atoms with van der Waals surface area (Å²) in [5, 5.41) is 0. The SMILES string of the molecule is CCCOc1ccc(S(=O)(=O)Nc2ccc3c(c2)CCN3C(=O)C2CC2)cc1. The number of hydrogen-bond acceptors (Lipinski definition) is 4. The quantitative estimate of drug-likeness (QED) is 0.771. The number of benzene rings is 2. The fourth-order valence-electron chi connectivity index (χ4n) is 3.39. The standard InChI is InChI=1S/C21H24N2O4S/c1-2-13-27-18-6-8-19(9-7-18)28(25,26)22-17-5-10-20-16(14-17)11-12-23(20)21(24)15-3-4-15/h5-10,14-15,22H,2-4,11-13H2,1H3. The van der Waals surface area contributed by atoms with Crippen molar-refractivity contribution in [2.24, 2.45) is 5.92 Å². The van der Waals surface area contributed by atoms with E-state index in [0.717, 1.165) is 36.9 Å². The van der Waals surface area contributed by atoms with Gasteiger partial charge in [0.1, 0.15) is 5.75 Å². The van der Waals surface area contributed by atoms with E-state index in [4.69, 9.17) is 4.74 Å². The molecule has 1 N–H and O–H groups in total. The first-order valence-electron chi connectivity index (χ1n) is 9.68. The van der Waals surface area contributed by atoms with Crippen molar-refractivity contribution in [3.8, 4) is 5.75 Å². The molecule has 0 unspecified atom stereocenters. The number of sulfonamides is 1. The smallest absolute Gasteiger partial charge is 0.261 e. The molecule has 1 saturated carbocycles. The normalized spacial score (nSPS) is 16.0. The number of nitrogens with zero attached hydrogens (tertiary/aromatic N) is 1. The van der Waals surface area contributed by atoms with E-state index in [0.29, 0.717) is 24.6 Å². The monoisotopic (exact) mass is 400 g/mol. The number of ether oxygens (including phenoxy) is 1. The third-order valence-corrected chi connectivity index (χ3v) is 6.42. The average Bonchev–Trinajstić information content (AvgIpc) is 3.45. The summed E-state index contributed by atoms with van der Waals surface area (Å²) in [6.45, 7) is 3.28. The van der Waals surface area contributed by atoms with Gasteiger partial charge >= 0.3 is 0 Å². The second-order valence-corrected chi connectivity index (χ2v) is 8.97. The first kappa shape index (κ1) is 18.8. The Morgan fingerprint density at radius 1 is 1.18 bits per heavy atom. The molecule has 1 fully saturated rings. The number of carbonyl (C=O) groups is 1. The molecule has 2 aromatic carbocycles. The van der Waals surface area contributed by atoms with Gasteiger partial charge in [-0.05, 0) is 73.7 Å². The van der Waals surface area contributed by atoms with Gasteiger partial charge in [0.25, 0.3) is 10.0 Å². The average molecular weight is 401 g/mol. The van der Waals surface area contributed by atoms with E-state index in [1.165, 1.54) is 12.1 Å². The van der Waals surface area contributed by atoms with Gasteiger partial charge in [-0.15, -0.1) is 0 Å². The van der Waals surface area contributed by atoms with Crippen molar-refractivity contribution in [1.29, 1.82) is 0 Å². The van der Waals surface area contributed by atoms with Crippen LogP contribution < -0.4 is 14.4 Å². The first-order chi connectivity index (χ1) is 13.5. The Labute approximate surface area is 165 Å². The number of fused-ring (bicyclic) bond motifs is 1. The van der Waals surface area contributed by atoms with Crippen LogP contribution in [0.25, 0.3) is 0 Å². The molecule has 0 atom stereocenters. The zero-order valence-electron chi connectivity index (χ0n) is 15.8. The number of anilines is 2. The number of amides is 1. The highest BCUT2D eigenvalue weighted by Crippen LogP contribution is 2.37. The first-order valence-corrected chi connectivity index (χ1v) is 11.2. The lowest BCUT2D eigenvalue weighted by Gasteiger charge is -2.17. The Kier molecular flexibility index (Phi) is 5.02. The van der Waals surface area contributed by atoms with Crippen molar-refractivity contribution in [3.05, 3.63) is 48.0 Å². The van der Waals surface area contributed by atoms with Crippen LogP contribution in [0, 0.1) is 5.92 Å². The Hall–Kier alpha value is -2.54. The van der Waals surface area contributed by atoms with Gasteiger partial charge in [-0.3, -0.25) is 9.52 Å². The van der Waals surface area contributed by atoms with Crippen LogP contribution in [0.4, 0.5) is 11.4 Å². The highest BCUT2D eigenvalue weighted by molar-refractivity contribution is 7.92. The Morgan fingerprint density at radius 3 is 2.61 bits per heavy atom. The summed E-state index contributed by atoms with van der Waals surface area (Å²) in [4.78, 5) is 14.4. The largest absolute Gasteiger partial charge is 0.494 e. The molecule has 148 valence electrons. The van der Waals surface area contributed by atoms with Crippen molar-refractivity contribution in [1.82, 2.24) is 0 Å². The van der Waals surface area contributed by atoms with Crippen LogP contribution in [0.3, 0.4) is 0 Å². The fourth-order valence-corrected chi connectivity index (χ4v) is 4.44. The summed E-state index contributed by atoms with van der Waals surface area (Å²) in [5.74, 6) is 1.02. The molecule has 6 nitrogen and oxygen atoms in total. The molecule has 1 aliphatic heterocycles. The highest BCUT2D eigenvalue weighted by Gasteiger charge is 2.36. The lowest BCUT2D eigenvalue weighted by molar-refractivity contribution is -0.119. The molecule has 1 aliphatic carbocycles. The maximum Gasteiger partial charge on any atom is 0.261 e. The van der Waals surface area contributed by atoms with Crippen LogP contribution in [0.1, 0.15) is 31.7 Å². The third-order valence-electron chi connectivity index (χ3n) is 5.03. The minimum atomic E-state index is -3.69. The summed E-state index contributed by atoms with van der Waals surface area (Å²) >= 11 is 0.